The number of likely N-dealkylation sites (N-methyl/N-ethyl adjacent to an activating group) is 1. The van der Waals surface area contributed by atoms with E-state index in [1.54, 1.807) is 0 Å². The molecule has 0 rings (SSSR count). The summed E-state index contributed by atoms with van der Waals surface area (Å²) in [6.45, 7) is 4.63. The largest absolute Gasteiger partial charge is 0.330 e. The van der Waals surface area contributed by atoms with E-state index >= 15 is 0 Å². The number of hydrogen-bond donors (Lipinski definition) is 1. The molecule has 110 valence electrons. The molecule has 0 unspecified atom stereocenters. The number of rotatable bonds is 12. The number of thiol groups is 1. The fourth-order valence-electron chi connectivity index (χ4n) is 1.56. The Bertz CT molecular complexity index is 186. The predicted octanol–water partition coefficient (Wildman–Crippen LogP) is 3.06. The van der Waals surface area contributed by atoms with Gasteiger partial charge in [0.25, 0.3) is 0 Å². The molecule has 0 N–H and O–H groups in total. The highest BCUT2D eigenvalue weighted by molar-refractivity contribution is 7.75. The van der Waals surface area contributed by atoms with Crippen molar-refractivity contribution in [1.82, 2.24) is 5.23 Å². The fraction of sp³-hybridized carbons (Fsp3) is 1.00. The van der Waals surface area contributed by atoms with Crippen molar-refractivity contribution in [3.8, 4) is 0 Å². The van der Waals surface area contributed by atoms with Crippen molar-refractivity contribution < 1.29 is 13.6 Å². The number of nitrogens with zero attached hydrogens (tertiary/aromatic N) is 2. The molecule has 0 bridgehead atoms. The molecule has 0 aliphatic carbocycles. The molecular weight excluding hydrogens is 248 g/mol. The molecule has 0 aromatic rings. The first-order valence-electron chi connectivity index (χ1n) is 7.02. The van der Waals surface area contributed by atoms with Crippen molar-refractivity contribution in [3.05, 3.63) is 0 Å². The van der Waals surface area contributed by atoms with Gasteiger partial charge < -0.3 is 4.48 Å². The average molecular weight is 279 g/mol. The normalized spacial score (nSPS) is 12.3. The topological polar surface area (TPSA) is 21.7 Å². The second-order valence-corrected chi connectivity index (χ2v) is 5.92. The molecule has 0 spiro atoms. The zero-order valence-corrected chi connectivity index (χ0v) is 13.4. The highest BCUT2D eigenvalue weighted by atomic mass is 32.1. The molecule has 0 aliphatic rings. The summed E-state index contributed by atoms with van der Waals surface area (Å²) in [5.41, 5.74) is 0. The molecule has 4 nitrogen and oxygen atoms in total. The minimum atomic E-state index is 0.712. The Hall–Kier alpha value is 0.190. The monoisotopic (exact) mass is 279 g/mol. The first-order valence-corrected chi connectivity index (χ1v) is 7.38. The first-order chi connectivity index (χ1) is 8.49. The van der Waals surface area contributed by atoms with E-state index in [4.69, 9.17) is 9.12 Å². The lowest BCUT2D eigenvalue weighted by molar-refractivity contribution is -0.871. The van der Waals surface area contributed by atoms with Crippen LogP contribution >= 0.6 is 12.9 Å². The second kappa shape index (κ2) is 11.1. The Balaban J connectivity index is 3.44. The number of hydroxylamine groups is 2. The molecule has 0 fully saturated rings. The van der Waals surface area contributed by atoms with Crippen molar-refractivity contribution >= 4 is 12.9 Å². The summed E-state index contributed by atoms with van der Waals surface area (Å²) in [5, 5.41) is 1.47. The van der Waals surface area contributed by atoms with Gasteiger partial charge in [-0.1, -0.05) is 39.0 Å². The van der Waals surface area contributed by atoms with Gasteiger partial charge in [0.15, 0.2) is 0 Å². The van der Waals surface area contributed by atoms with Crippen LogP contribution in [0.5, 0.6) is 0 Å². The smallest absolute Gasteiger partial charge is 0.102 e. The first kappa shape index (κ1) is 18.2. The molecule has 0 amide bonds. The Labute approximate surface area is 118 Å². The maximum absolute atomic E-state index is 5.52. The predicted molar refractivity (Wildman–Crippen MR) is 79.0 cm³/mol. The zero-order chi connectivity index (χ0) is 13.9. The lowest BCUT2D eigenvalue weighted by atomic mass is 10.1. The molecular formula is C13H31N2O2S+. The highest BCUT2D eigenvalue weighted by Crippen LogP contribution is 2.06. The Morgan fingerprint density at radius 3 is 2.17 bits per heavy atom. The summed E-state index contributed by atoms with van der Waals surface area (Å²) in [4.78, 5) is 5.52. The molecule has 18 heavy (non-hydrogen) atoms. The summed E-state index contributed by atoms with van der Waals surface area (Å²) < 4.78 is 5.77. The van der Waals surface area contributed by atoms with E-state index in [0.29, 0.717) is 6.61 Å². The van der Waals surface area contributed by atoms with Crippen LogP contribution in [-0.2, 0) is 9.12 Å². The van der Waals surface area contributed by atoms with Crippen LogP contribution in [0, 0.1) is 0 Å². The number of quaternary nitrogens is 1. The third kappa shape index (κ3) is 12.6. The van der Waals surface area contributed by atoms with Crippen LogP contribution in [0.15, 0.2) is 0 Å². The lowest BCUT2D eigenvalue weighted by Gasteiger charge is -2.26. The van der Waals surface area contributed by atoms with Gasteiger partial charge in [0.05, 0.1) is 34.3 Å². The molecule has 0 radical (unpaired) electrons. The SMILES string of the molecule is CCCCCCCCON(CC[N+](C)(C)C)OS. The molecule has 0 saturated heterocycles. The van der Waals surface area contributed by atoms with Gasteiger partial charge in [-0.05, 0) is 11.6 Å². The molecule has 0 atom stereocenters. The van der Waals surface area contributed by atoms with Crippen molar-refractivity contribution in [2.24, 2.45) is 0 Å². The zero-order valence-electron chi connectivity index (χ0n) is 12.5. The molecule has 0 saturated carbocycles. The Kier molecular flexibility index (Phi) is 11.2. The van der Waals surface area contributed by atoms with Crippen molar-refractivity contribution in [2.45, 2.75) is 45.4 Å². The van der Waals surface area contributed by atoms with Crippen LogP contribution in [0.2, 0.25) is 0 Å². The van der Waals surface area contributed by atoms with Crippen LogP contribution in [0.1, 0.15) is 45.4 Å². The molecule has 0 aromatic heterocycles. The van der Waals surface area contributed by atoms with E-state index in [9.17, 15) is 0 Å². The van der Waals surface area contributed by atoms with Gasteiger partial charge in [-0.2, -0.15) is 0 Å². The van der Waals surface area contributed by atoms with Crippen molar-refractivity contribution in [2.75, 3.05) is 40.8 Å². The van der Waals surface area contributed by atoms with E-state index in [1.807, 2.05) is 0 Å². The van der Waals surface area contributed by atoms with Gasteiger partial charge in [0.2, 0.25) is 0 Å². The Morgan fingerprint density at radius 1 is 1.00 bits per heavy atom. The van der Waals surface area contributed by atoms with Crippen LogP contribution in [0.3, 0.4) is 0 Å². The van der Waals surface area contributed by atoms with E-state index in [0.717, 1.165) is 24.0 Å². The van der Waals surface area contributed by atoms with Crippen LogP contribution in [0.25, 0.3) is 0 Å². The maximum atomic E-state index is 5.52. The molecule has 0 heterocycles. The van der Waals surface area contributed by atoms with Gasteiger partial charge in [-0.3, -0.25) is 4.84 Å². The molecule has 5 heteroatoms. The number of hydrogen-bond acceptors (Lipinski definition) is 4. The van der Waals surface area contributed by atoms with Gasteiger partial charge in [-0.25, -0.2) is 4.28 Å². The van der Waals surface area contributed by atoms with Crippen LogP contribution in [-0.4, -0.2) is 50.5 Å². The van der Waals surface area contributed by atoms with Gasteiger partial charge in [0, 0.05) is 12.9 Å². The van der Waals surface area contributed by atoms with Crippen molar-refractivity contribution in [3.63, 3.8) is 0 Å². The van der Waals surface area contributed by atoms with E-state index in [2.05, 4.69) is 41.0 Å². The standard InChI is InChI=1S/C13H30N2O2S/c1-5-6-7-8-9-10-13-16-14(17-18)11-12-15(2,3)4/h5-13H2,1-4H3/p+1. The summed E-state index contributed by atoms with van der Waals surface area (Å²) in [6, 6.07) is 0. The van der Waals surface area contributed by atoms with E-state index < -0.39 is 0 Å². The van der Waals surface area contributed by atoms with Crippen LogP contribution < -0.4 is 0 Å². The quantitative estimate of drug-likeness (QED) is 0.195. The van der Waals surface area contributed by atoms with Crippen LogP contribution in [0.4, 0.5) is 0 Å². The average Bonchev–Trinajstić information content (AvgIpc) is 2.30. The van der Waals surface area contributed by atoms with Gasteiger partial charge >= 0.3 is 0 Å². The van der Waals surface area contributed by atoms with E-state index in [-0.39, 0.29) is 0 Å². The second-order valence-electron chi connectivity index (χ2n) is 5.75. The summed E-state index contributed by atoms with van der Waals surface area (Å²) in [7, 11) is 6.43. The minimum absolute atomic E-state index is 0.712. The van der Waals surface area contributed by atoms with Crippen molar-refractivity contribution in [1.29, 1.82) is 0 Å². The number of unbranched alkanes of at least 4 members (excludes halogenated alkanes) is 5. The highest BCUT2D eigenvalue weighted by Gasteiger charge is 2.12. The van der Waals surface area contributed by atoms with Gasteiger partial charge in [-0.15, -0.1) is 0 Å². The lowest BCUT2D eigenvalue weighted by Crippen LogP contribution is -2.41. The summed E-state index contributed by atoms with van der Waals surface area (Å²) in [6.07, 6.45) is 7.60. The fourth-order valence-corrected chi connectivity index (χ4v) is 1.69. The third-order valence-corrected chi connectivity index (χ3v) is 2.96. The molecule has 0 aliphatic heterocycles. The summed E-state index contributed by atoms with van der Waals surface area (Å²) >= 11 is 3.81. The van der Waals surface area contributed by atoms with Gasteiger partial charge in [0.1, 0.15) is 6.54 Å². The Morgan fingerprint density at radius 2 is 1.61 bits per heavy atom. The van der Waals surface area contributed by atoms with E-state index in [1.165, 1.54) is 37.3 Å². The third-order valence-electron chi connectivity index (χ3n) is 2.78. The molecule has 0 aromatic carbocycles. The minimum Gasteiger partial charge on any atom is -0.330 e. The summed E-state index contributed by atoms with van der Waals surface area (Å²) in [5.74, 6) is 0. The maximum Gasteiger partial charge on any atom is 0.102 e.